The summed E-state index contributed by atoms with van der Waals surface area (Å²) in [5.74, 6) is 3.89. The molecule has 3 rings (SSSR count). The zero-order chi connectivity index (χ0) is 22.5. The van der Waals surface area contributed by atoms with Crippen molar-refractivity contribution in [1.82, 2.24) is 5.32 Å². The van der Waals surface area contributed by atoms with E-state index in [-0.39, 0.29) is 0 Å². The Balaban J connectivity index is 0.000000291. The lowest BCUT2D eigenvalue weighted by Gasteiger charge is -2.36. The molecule has 0 saturated heterocycles. The summed E-state index contributed by atoms with van der Waals surface area (Å²) in [5, 5.41) is 2.97. The van der Waals surface area contributed by atoms with Crippen molar-refractivity contribution in [2.75, 3.05) is 13.7 Å². The molecule has 0 spiro atoms. The van der Waals surface area contributed by atoms with Crippen molar-refractivity contribution in [1.29, 1.82) is 0 Å². The first-order valence-corrected chi connectivity index (χ1v) is 12.3. The summed E-state index contributed by atoms with van der Waals surface area (Å²) in [6, 6.07) is 8.87. The second kappa shape index (κ2) is 14.0. The van der Waals surface area contributed by atoms with Crippen LogP contribution in [0.4, 0.5) is 0 Å². The molecule has 2 saturated carbocycles. The zero-order valence-electron chi connectivity index (χ0n) is 20.0. The summed E-state index contributed by atoms with van der Waals surface area (Å²) < 4.78 is 5.54. The van der Waals surface area contributed by atoms with Gasteiger partial charge in [-0.2, -0.15) is 0 Å². The number of nitrogens with one attached hydrogen (secondary N) is 1. The van der Waals surface area contributed by atoms with Gasteiger partial charge in [0.1, 0.15) is 5.75 Å². The van der Waals surface area contributed by atoms with Crippen molar-refractivity contribution in [2.24, 2.45) is 17.6 Å². The number of allylic oxidation sites excluding steroid dienone is 3. The SMILES string of the molecule is C=C/C(N)=C\C(=C/C)NC.CCOc1ccc(C2CCC(C3CCCCC3)CC2)cc1. The van der Waals surface area contributed by atoms with Gasteiger partial charge < -0.3 is 15.8 Å². The number of hydrogen-bond acceptors (Lipinski definition) is 3. The number of nitrogens with two attached hydrogens (primary N) is 1. The number of hydrogen-bond donors (Lipinski definition) is 2. The van der Waals surface area contributed by atoms with Gasteiger partial charge in [-0.3, -0.25) is 0 Å². The highest BCUT2D eigenvalue weighted by Crippen LogP contribution is 2.43. The molecule has 0 heterocycles. The summed E-state index contributed by atoms with van der Waals surface area (Å²) in [5.41, 5.74) is 8.68. The summed E-state index contributed by atoms with van der Waals surface area (Å²) in [6.45, 7) is 8.28. The fourth-order valence-corrected chi connectivity index (χ4v) is 5.07. The third kappa shape index (κ3) is 8.47. The molecule has 0 unspecified atom stereocenters. The first-order chi connectivity index (χ1) is 15.1. The molecule has 0 amide bonds. The van der Waals surface area contributed by atoms with Crippen molar-refractivity contribution in [3.8, 4) is 5.75 Å². The van der Waals surface area contributed by atoms with E-state index < -0.39 is 0 Å². The lowest BCUT2D eigenvalue weighted by molar-refractivity contribution is 0.186. The first-order valence-electron chi connectivity index (χ1n) is 12.3. The van der Waals surface area contributed by atoms with Crippen LogP contribution in [0.1, 0.15) is 83.1 Å². The van der Waals surface area contributed by atoms with Gasteiger partial charge in [-0.25, -0.2) is 0 Å². The Hall–Kier alpha value is -2.16. The molecule has 2 aliphatic rings. The van der Waals surface area contributed by atoms with Gasteiger partial charge >= 0.3 is 0 Å². The van der Waals surface area contributed by atoms with Crippen LogP contribution in [0.5, 0.6) is 5.75 Å². The van der Waals surface area contributed by atoms with Gasteiger partial charge in [0.25, 0.3) is 0 Å². The van der Waals surface area contributed by atoms with Crippen LogP contribution in [0.2, 0.25) is 0 Å². The molecule has 1 aromatic rings. The molecule has 3 heteroatoms. The van der Waals surface area contributed by atoms with E-state index in [2.05, 4.69) is 36.2 Å². The van der Waals surface area contributed by atoms with Crippen LogP contribution in [0.15, 0.2) is 60.5 Å². The Bertz CT molecular complexity index is 690. The smallest absolute Gasteiger partial charge is 0.119 e. The monoisotopic (exact) mass is 424 g/mol. The number of benzene rings is 1. The van der Waals surface area contributed by atoms with E-state index in [4.69, 9.17) is 10.5 Å². The molecular weight excluding hydrogens is 380 g/mol. The topological polar surface area (TPSA) is 47.3 Å². The van der Waals surface area contributed by atoms with Crippen LogP contribution < -0.4 is 15.8 Å². The van der Waals surface area contributed by atoms with Crippen LogP contribution in [0.3, 0.4) is 0 Å². The van der Waals surface area contributed by atoms with Gasteiger partial charge in [0.2, 0.25) is 0 Å². The third-order valence-corrected chi connectivity index (χ3v) is 6.91. The van der Waals surface area contributed by atoms with Crippen LogP contribution in [-0.4, -0.2) is 13.7 Å². The molecule has 2 aliphatic carbocycles. The van der Waals surface area contributed by atoms with E-state index >= 15 is 0 Å². The summed E-state index contributed by atoms with van der Waals surface area (Å²) in [7, 11) is 1.85. The van der Waals surface area contributed by atoms with Crippen LogP contribution in [0, 0.1) is 11.8 Å². The molecule has 2 fully saturated rings. The Morgan fingerprint density at radius 3 is 2.16 bits per heavy atom. The van der Waals surface area contributed by atoms with Crippen LogP contribution >= 0.6 is 0 Å². The number of ether oxygens (including phenoxy) is 1. The summed E-state index contributed by atoms with van der Waals surface area (Å²) in [4.78, 5) is 0. The van der Waals surface area contributed by atoms with Gasteiger partial charge in [0.05, 0.1) is 6.61 Å². The highest BCUT2D eigenvalue weighted by Gasteiger charge is 2.28. The van der Waals surface area contributed by atoms with E-state index in [1.54, 1.807) is 6.08 Å². The normalized spacial score (nSPS) is 22.8. The molecule has 0 bridgehead atoms. The Morgan fingerprint density at radius 1 is 1.03 bits per heavy atom. The summed E-state index contributed by atoms with van der Waals surface area (Å²) in [6.07, 6.45) is 18.6. The predicted octanol–water partition coefficient (Wildman–Crippen LogP) is 7.08. The van der Waals surface area contributed by atoms with Gasteiger partial charge in [0.15, 0.2) is 0 Å². The third-order valence-electron chi connectivity index (χ3n) is 6.91. The molecule has 0 aromatic heterocycles. The summed E-state index contributed by atoms with van der Waals surface area (Å²) >= 11 is 0. The minimum absolute atomic E-state index is 0.669. The number of rotatable bonds is 7. The van der Waals surface area contributed by atoms with Gasteiger partial charge in [-0.15, -0.1) is 0 Å². The average molecular weight is 425 g/mol. The molecule has 0 aliphatic heterocycles. The standard InChI is InChI=1S/C20H30O.C8H14N2/c1-2-21-20-14-12-19(13-15-20)18-10-8-17(9-11-18)16-6-4-3-5-7-16;1-4-7(9)6-8(5-2)10-3/h12-18H,2-11H2,1H3;4-6,10H,1,9H2,2-3H3/b;7-6+,8-5+. The fourth-order valence-electron chi connectivity index (χ4n) is 5.07. The van der Waals surface area contributed by atoms with Crippen molar-refractivity contribution < 1.29 is 4.74 Å². The Morgan fingerprint density at radius 2 is 1.65 bits per heavy atom. The lowest BCUT2D eigenvalue weighted by atomic mass is 9.70. The molecule has 3 nitrogen and oxygen atoms in total. The highest BCUT2D eigenvalue weighted by atomic mass is 16.5. The van der Waals surface area contributed by atoms with Gasteiger partial charge in [0, 0.05) is 18.4 Å². The van der Waals surface area contributed by atoms with E-state index in [0.717, 1.165) is 35.8 Å². The van der Waals surface area contributed by atoms with E-state index in [1.165, 1.54) is 63.4 Å². The maximum absolute atomic E-state index is 5.54. The predicted molar refractivity (Wildman–Crippen MR) is 134 cm³/mol. The van der Waals surface area contributed by atoms with E-state index in [1.807, 2.05) is 33.0 Å². The molecule has 172 valence electrons. The maximum atomic E-state index is 5.54. The second-order valence-corrected chi connectivity index (χ2v) is 8.85. The van der Waals surface area contributed by atoms with Crippen LogP contribution in [0.25, 0.3) is 0 Å². The minimum Gasteiger partial charge on any atom is -0.494 e. The van der Waals surface area contributed by atoms with E-state index in [0.29, 0.717) is 5.70 Å². The largest absolute Gasteiger partial charge is 0.494 e. The molecular formula is C28H44N2O. The highest BCUT2D eigenvalue weighted by molar-refractivity contribution is 5.29. The molecule has 31 heavy (non-hydrogen) atoms. The Kier molecular flexibility index (Phi) is 11.3. The van der Waals surface area contributed by atoms with Crippen molar-refractivity contribution in [3.63, 3.8) is 0 Å². The zero-order valence-corrected chi connectivity index (χ0v) is 20.0. The van der Waals surface area contributed by atoms with Gasteiger partial charge in [-0.05, 0) is 87.1 Å². The van der Waals surface area contributed by atoms with Crippen molar-refractivity contribution in [2.45, 2.75) is 77.6 Å². The molecule has 1 aromatic carbocycles. The molecule has 3 N–H and O–H groups in total. The number of likely N-dealkylation sites (N-methyl/N-ethyl adjacent to an activating group) is 1. The van der Waals surface area contributed by atoms with Crippen molar-refractivity contribution >= 4 is 0 Å². The molecule has 0 atom stereocenters. The minimum atomic E-state index is 0.669. The van der Waals surface area contributed by atoms with E-state index in [9.17, 15) is 0 Å². The van der Waals surface area contributed by atoms with Gasteiger partial charge in [-0.1, -0.05) is 56.9 Å². The fraction of sp³-hybridized carbons (Fsp3) is 0.571. The Labute approximate surface area is 190 Å². The second-order valence-electron chi connectivity index (χ2n) is 8.85. The lowest BCUT2D eigenvalue weighted by Crippen LogP contribution is -2.23. The first kappa shape index (κ1) is 25.1. The van der Waals surface area contributed by atoms with Crippen LogP contribution in [-0.2, 0) is 0 Å². The van der Waals surface area contributed by atoms with Crippen molar-refractivity contribution in [3.05, 3.63) is 66.0 Å². The quantitative estimate of drug-likeness (QED) is 0.460. The molecule has 0 radical (unpaired) electrons. The average Bonchev–Trinajstić information content (AvgIpc) is 2.84. The maximum Gasteiger partial charge on any atom is 0.119 e.